The molecule has 1 atom stereocenters. The number of ether oxygens (including phenoxy) is 2. The average molecular weight is 500 g/mol. The van der Waals surface area contributed by atoms with Crippen molar-refractivity contribution in [3.63, 3.8) is 0 Å². The highest BCUT2D eigenvalue weighted by Crippen LogP contribution is 2.33. The molecule has 3 aromatic carbocycles. The summed E-state index contributed by atoms with van der Waals surface area (Å²) in [5.74, 6) is 1.46. The summed E-state index contributed by atoms with van der Waals surface area (Å²) in [6.07, 6.45) is 0. The number of hydrogen-bond donors (Lipinski definition) is 2. The van der Waals surface area contributed by atoms with Crippen molar-refractivity contribution < 1.29 is 9.47 Å². The molecule has 184 valence electrons. The largest absolute Gasteiger partial charge is 0.454 e. The molecule has 0 saturated heterocycles. The predicted molar refractivity (Wildman–Crippen MR) is 146 cm³/mol. The van der Waals surface area contributed by atoms with Crippen molar-refractivity contribution in [1.82, 2.24) is 15.2 Å². The fourth-order valence-electron chi connectivity index (χ4n) is 4.45. The van der Waals surface area contributed by atoms with E-state index >= 15 is 0 Å². The van der Waals surface area contributed by atoms with E-state index in [-0.39, 0.29) is 18.4 Å². The van der Waals surface area contributed by atoms with Crippen LogP contribution in [0, 0.1) is 13.8 Å². The van der Waals surface area contributed by atoms with Crippen LogP contribution in [0.3, 0.4) is 0 Å². The molecule has 2 heterocycles. The van der Waals surface area contributed by atoms with E-state index in [0.717, 1.165) is 44.7 Å². The minimum atomic E-state index is -0.106. The zero-order valence-electron chi connectivity index (χ0n) is 20.6. The van der Waals surface area contributed by atoms with Crippen molar-refractivity contribution in [2.24, 2.45) is 0 Å². The Morgan fingerprint density at radius 1 is 1.03 bits per heavy atom. The van der Waals surface area contributed by atoms with Crippen LogP contribution in [0.4, 0.5) is 0 Å². The Labute approximate surface area is 215 Å². The van der Waals surface area contributed by atoms with E-state index in [1.165, 1.54) is 0 Å². The number of pyridine rings is 1. The molecule has 6 nitrogen and oxygen atoms in total. The van der Waals surface area contributed by atoms with Crippen LogP contribution in [0.1, 0.15) is 40.8 Å². The second-order valence-electron chi connectivity index (χ2n) is 9.22. The monoisotopic (exact) mass is 499 g/mol. The molecule has 0 aliphatic carbocycles. The average Bonchev–Trinajstić information content (AvgIpc) is 3.35. The molecule has 36 heavy (non-hydrogen) atoms. The summed E-state index contributed by atoms with van der Waals surface area (Å²) in [6, 6.07) is 22.2. The molecule has 0 saturated carbocycles. The smallest absolute Gasteiger partial charge is 0.253 e. The van der Waals surface area contributed by atoms with E-state index in [9.17, 15) is 4.79 Å². The summed E-state index contributed by atoms with van der Waals surface area (Å²) in [4.78, 5) is 18.2. The van der Waals surface area contributed by atoms with Gasteiger partial charge in [0.1, 0.15) is 0 Å². The lowest BCUT2D eigenvalue weighted by atomic mass is 10.0. The van der Waals surface area contributed by atoms with Gasteiger partial charge in [0.2, 0.25) is 6.79 Å². The van der Waals surface area contributed by atoms with Crippen molar-refractivity contribution in [2.75, 3.05) is 6.79 Å². The minimum absolute atomic E-state index is 0.0125. The second kappa shape index (κ2) is 10.0. The van der Waals surface area contributed by atoms with Gasteiger partial charge in [-0.3, -0.25) is 4.79 Å². The summed E-state index contributed by atoms with van der Waals surface area (Å²) in [6.45, 7) is 7.25. The number of nitrogens with one attached hydrogen (secondary N) is 2. The number of rotatable bonds is 6. The fourth-order valence-corrected chi connectivity index (χ4v) is 4.76. The Morgan fingerprint density at radius 3 is 2.61 bits per heavy atom. The summed E-state index contributed by atoms with van der Waals surface area (Å²) in [5, 5.41) is 5.03. The van der Waals surface area contributed by atoms with Crippen LogP contribution in [0.2, 0.25) is 0 Å². The Hall–Kier alpha value is -3.84. The van der Waals surface area contributed by atoms with Gasteiger partial charge in [-0.2, -0.15) is 0 Å². The zero-order valence-corrected chi connectivity index (χ0v) is 21.4. The number of H-pyrrole nitrogens is 1. The van der Waals surface area contributed by atoms with E-state index in [1.807, 2.05) is 67.3 Å². The molecule has 2 N–H and O–H groups in total. The molecular weight excluding hydrogens is 470 g/mol. The summed E-state index contributed by atoms with van der Waals surface area (Å²) >= 11 is 5.87. The Balaban J connectivity index is 1.45. The molecule has 1 aliphatic rings. The maximum atomic E-state index is 13.1. The van der Waals surface area contributed by atoms with Gasteiger partial charge in [-0.1, -0.05) is 48.5 Å². The first-order valence-corrected chi connectivity index (χ1v) is 12.4. The normalized spacial score (nSPS) is 13.0. The van der Waals surface area contributed by atoms with Crippen LogP contribution < -0.4 is 20.3 Å². The SMILES string of the molecule is Cc1ccc2cc(CN(Cc3ccc4c(c3)OCO4)C(=S)N[C@H](C)c3ccccc3)c(=O)[nH]c2c1C. The van der Waals surface area contributed by atoms with E-state index in [2.05, 4.69) is 35.4 Å². The number of benzene rings is 3. The standard InChI is InChI=1S/C29H29N3O3S/c1-18-9-11-23-14-24(28(33)31-27(23)19(18)2)16-32(15-21-10-12-25-26(13-21)35-17-34-25)29(36)30-20(3)22-7-5-4-6-8-22/h4-14,20H,15-17H2,1-3H3,(H,30,36)(H,31,33)/t20-/m1/s1. The summed E-state index contributed by atoms with van der Waals surface area (Å²) < 4.78 is 11.0. The Morgan fingerprint density at radius 2 is 1.81 bits per heavy atom. The van der Waals surface area contributed by atoms with Gasteiger partial charge in [0.25, 0.3) is 5.56 Å². The van der Waals surface area contributed by atoms with E-state index in [0.29, 0.717) is 23.8 Å². The molecule has 0 unspecified atom stereocenters. The first-order chi connectivity index (χ1) is 17.4. The number of fused-ring (bicyclic) bond motifs is 2. The molecule has 7 heteroatoms. The Bertz CT molecular complexity index is 1480. The molecule has 0 fully saturated rings. The number of nitrogens with zero attached hydrogens (tertiary/aromatic N) is 1. The molecule has 0 radical (unpaired) electrons. The molecular formula is C29H29N3O3S. The van der Waals surface area contributed by atoms with Crippen molar-refractivity contribution in [2.45, 2.75) is 39.9 Å². The fraction of sp³-hybridized carbons (Fsp3) is 0.241. The molecule has 0 amide bonds. The quantitative estimate of drug-likeness (QED) is 0.341. The first kappa shape index (κ1) is 23.9. The minimum Gasteiger partial charge on any atom is -0.454 e. The number of aromatic amines is 1. The van der Waals surface area contributed by atoms with Crippen LogP contribution in [0.5, 0.6) is 11.5 Å². The zero-order chi connectivity index (χ0) is 25.2. The lowest BCUT2D eigenvalue weighted by Gasteiger charge is -2.28. The van der Waals surface area contributed by atoms with Gasteiger partial charge in [-0.25, -0.2) is 0 Å². The topological polar surface area (TPSA) is 66.6 Å². The third-order valence-electron chi connectivity index (χ3n) is 6.73. The molecule has 5 rings (SSSR count). The molecule has 0 spiro atoms. The van der Waals surface area contributed by atoms with Crippen molar-refractivity contribution in [3.8, 4) is 11.5 Å². The van der Waals surface area contributed by atoms with Crippen LogP contribution in [0.25, 0.3) is 10.9 Å². The van der Waals surface area contributed by atoms with Crippen LogP contribution in [0.15, 0.2) is 71.5 Å². The number of aromatic nitrogens is 1. The predicted octanol–water partition coefficient (Wildman–Crippen LogP) is 5.51. The number of aryl methyl sites for hydroxylation is 2. The van der Waals surface area contributed by atoms with Gasteiger partial charge >= 0.3 is 0 Å². The maximum absolute atomic E-state index is 13.1. The van der Waals surface area contributed by atoms with Crippen molar-refractivity contribution >= 4 is 28.2 Å². The van der Waals surface area contributed by atoms with Crippen LogP contribution in [-0.2, 0) is 13.1 Å². The lowest BCUT2D eigenvalue weighted by Crippen LogP contribution is -2.41. The summed E-state index contributed by atoms with van der Waals surface area (Å²) in [5.41, 5.74) is 5.81. The maximum Gasteiger partial charge on any atom is 0.253 e. The Kier molecular flexibility index (Phi) is 6.65. The number of thiocarbonyl (C=S) groups is 1. The van der Waals surface area contributed by atoms with Gasteiger partial charge in [0, 0.05) is 12.1 Å². The van der Waals surface area contributed by atoms with Crippen LogP contribution in [-0.4, -0.2) is 21.8 Å². The summed E-state index contributed by atoms with van der Waals surface area (Å²) in [7, 11) is 0. The third-order valence-corrected chi connectivity index (χ3v) is 7.10. The van der Waals surface area contributed by atoms with E-state index < -0.39 is 0 Å². The highest BCUT2D eigenvalue weighted by atomic mass is 32.1. The van der Waals surface area contributed by atoms with E-state index in [1.54, 1.807) is 0 Å². The van der Waals surface area contributed by atoms with Gasteiger partial charge in [0.05, 0.1) is 18.1 Å². The molecule has 4 aromatic rings. The van der Waals surface area contributed by atoms with Gasteiger partial charge < -0.3 is 24.7 Å². The highest BCUT2D eigenvalue weighted by molar-refractivity contribution is 7.80. The number of hydrogen-bond acceptors (Lipinski definition) is 4. The first-order valence-electron chi connectivity index (χ1n) is 12.0. The lowest BCUT2D eigenvalue weighted by molar-refractivity contribution is 0.174. The van der Waals surface area contributed by atoms with Crippen molar-refractivity contribution in [1.29, 1.82) is 0 Å². The van der Waals surface area contributed by atoms with Crippen LogP contribution >= 0.6 is 12.2 Å². The van der Waals surface area contributed by atoms with E-state index in [4.69, 9.17) is 21.7 Å². The third kappa shape index (κ3) is 4.93. The molecule has 0 bridgehead atoms. The van der Waals surface area contributed by atoms with Gasteiger partial charge in [0.15, 0.2) is 16.6 Å². The molecule has 1 aromatic heterocycles. The second-order valence-corrected chi connectivity index (χ2v) is 9.61. The molecule has 1 aliphatic heterocycles. The highest BCUT2D eigenvalue weighted by Gasteiger charge is 2.19. The van der Waals surface area contributed by atoms with Gasteiger partial charge in [-0.15, -0.1) is 0 Å². The van der Waals surface area contributed by atoms with Crippen molar-refractivity contribution in [3.05, 3.63) is 105 Å². The van der Waals surface area contributed by atoms with Gasteiger partial charge in [-0.05, 0) is 78.8 Å².